The standard InChI is InChI=1S/C18H13N3O7S/c22-18(17-5-2-10-27-17)20-19-12-13-6-8-15(9-7-13)28-29(25,26)16-4-1-3-14(11-16)21(23)24/h1-12H,(H,20,22)/b19-12-. The lowest BCUT2D eigenvalue weighted by molar-refractivity contribution is -0.385. The monoisotopic (exact) mass is 415 g/mol. The highest BCUT2D eigenvalue weighted by Crippen LogP contribution is 2.22. The SMILES string of the molecule is O=C(N/N=C\c1ccc(OS(=O)(=O)c2cccc([N+](=O)[O-])c2)cc1)c1ccco1. The first-order valence-electron chi connectivity index (χ1n) is 8.01. The number of nitrogens with one attached hydrogen (secondary N) is 1. The van der Waals surface area contributed by atoms with Crippen LogP contribution in [-0.4, -0.2) is 25.5 Å². The van der Waals surface area contributed by atoms with E-state index in [0.29, 0.717) is 5.56 Å². The zero-order chi connectivity index (χ0) is 20.9. The lowest BCUT2D eigenvalue weighted by Gasteiger charge is -2.07. The fourth-order valence-corrected chi connectivity index (χ4v) is 3.14. The topological polar surface area (TPSA) is 141 Å². The van der Waals surface area contributed by atoms with Gasteiger partial charge in [-0.2, -0.15) is 13.5 Å². The largest absolute Gasteiger partial charge is 0.459 e. The summed E-state index contributed by atoms with van der Waals surface area (Å²) in [6.45, 7) is 0. The number of carbonyl (C=O) groups excluding carboxylic acids is 1. The Bertz CT molecular complexity index is 1150. The summed E-state index contributed by atoms with van der Waals surface area (Å²) >= 11 is 0. The first-order chi connectivity index (χ1) is 13.8. The van der Waals surface area contributed by atoms with Gasteiger partial charge in [0.15, 0.2) is 5.76 Å². The number of non-ortho nitro benzene ring substituents is 1. The lowest BCUT2D eigenvalue weighted by atomic mass is 10.2. The highest BCUT2D eigenvalue weighted by molar-refractivity contribution is 7.87. The van der Waals surface area contributed by atoms with Gasteiger partial charge in [-0.3, -0.25) is 14.9 Å². The van der Waals surface area contributed by atoms with Gasteiger partial charge in [-0.1, -0.05) is 6.07 Å². The van der Waals surface area contributed by atoms with E-state index in [0.717, 1.165) is 6.07 Å². The summed E-state index contributed by atoms with van der Waals surface area (Å²) in [5.74, 6) is -0.403. The molecule has 0 spiro atoms. The smallest absolute Gasteiger partial charge is 0.339 e. The van der Waals surface area contributed by atoms with Crippen molar-refractivity contribution in [3.05, 3.63) is 88.4 Å². The van der Waals surface area contributed by atoms with Crippen molar-refractivity contribution in [2.45, 2.75) is 4.90 Å². The molecule has 10 nitrogen and oxygen atoms in total. The minimum Gasteiger partial charge on any atom is -0.459 e. The molecule has 0 radical (unpaired) electrons. The van der Waals surface area contributed by atoms with E-state index >= 15 is 0 Å². The molecule has 0 saturated heterocycles. The van der Waals surface area contributed by atoms with Gasteiger partial charge < -0.3 is 8.60 Å². The van der Waals surface area contributed by atoms with E-state index < -0.39 is 20.9 Å². The molecule has 0 aliphatic heterocycles. The number of nitro benzene ring substituents is 1. The molecule has 0 unspecified atom stereocenters. The Morgan fingerprint density at radius 1 is 1.14 bits per heavy atom. The predicted octanol–water partition coefficient (Wildman–Crippen LogP) is 2.72. The van der Waals surface area contributed by atoms with Gasteiger partial charge in [0.2, 0.25) is 0 Å². The molecule has 0 fully saturated rings. The molecule has 1 amide bonds. The van der Waals surface area contributed by atoms with Gasteiger partial charge in [0.05, 0.1) is 17.4 Å². The number of hydrazone groups is 1. The van der Waals surface area contributed by atoms with Gasteiger partial charge in [-0.05, 0) is 48.0 Å². The zero-order valence-corrected chi connectivity index (χ0v) is 15.4. The fourth-order valence-electron chi connectivity index (χ4n) is 2.17. The maximum absolute atomic E-state index is 12.3. The maximum Gasteiger partial charge on any atom is 0.339 e. The summed E-state index contributed by atoms with van der Waals surface area (Å²) in [6, 6.07) is 13.4. The molecule has 2 aromatic carbocycles. The van der Waals surface area contributed by atoms with E-state index in [1.807, 2.05) is 0 Å². The van der Waals surface area contributed by atoms with Gasteiger partial charge >= 0.3 is 16.0 Å². The highest BCUT2D eigenvalue weighted by Gasteiger charge is 2.19. The third-order valence-corrected chi connectivity index (χ3v) is 4.77. The van der Waals surface area contributed by atoms with Crippen LogP contribution in [0, 0.1) is 10.1 Å². The third kappa shape index (κ3) is 5.05. The van der Waals surface area contributed by atoms with Crippen LogP contribution in [0.15, 0.2) is 81.3 Å². The maximum atomic E-state index is 12.3. The molecule has 1 heterocycles. The Morgan fingerprint density at radius 2 is 1.90 bits per heavy atom. The number of nitro groups is 1. The molecule has 0 aliphatic carbocycles. The number of amides is 1. The van der Waals surface area contributed by atoms with Gasteiger partial charge in [-0.25, -0.2) is 5.43 Å². The van der Waals surface area contributed by atoms with Crippen LogP contribution in [0.3, 0.4) is 0 Å². The summed E-state index contributed by atoms with van der Waals surface area (Å²) in [6.07, 6.45) is 2.71. The summed E-state index contributed by atoms with van der Waals surface area (Å²) < 4.78 is 34.5. The number of carbonyl (C=O) groups is 1. The van der Waals surface area contributed by atoms with Crippen molar-refractivity contribution >= 4 is 27.9 Å². The molecule has 1 N–H and O–H groups in total. The average molecular weight is 415 g/mol. The van der Waals surface area contributed by atoms with Crippen molar-refractivity contribution in [2.24, 2.45) is 5.10 Å². The Morgan fingerprint density at radius 3 is 2.55 bits per heavy atom. The zero-order valence-electron chi connectivity index (χ0n) is 14.6. The number of furan rings is 1. The molecule has 11 heteroatoms. The van der Waals surface area contributed by atoms with E-state index in [9.17, 15) is 23.3 Å². The molecular formula is C18H13N3O7S. The molecular weight excluding hydrogens is 402 g/mol. The van der Waals surface area contributed by atoms with E-state index in [-0.39, 0.29) is 22.1 Å². The van der Waals surface area contributed by atoms with E-state index in [1.165, 1.54) is 61.0 Å². The van der Waals surface area contributed by atoms with Gasteiger partial charge in [0.1, 0.15) is 10.6 Å². The predicted molar refractivity (Wildman–Crippen MR) is 101 cm³/mol. The second kappa shape index (κ2) is 8.35. The Balaban J connectivity index is 1.65. The van der Waals surface area contributed by atoms with Crippen molar-refractivity contribution in [1.82, 2.24) is 5.43 Å². The van der Waals surface area contributed by atoms with Gasteiger partial charge in [0, 0.05) is 12.1 Å². The fraction of sp³-hybridized carbons (Fsp3) is 0. The molecule has 0 atom stereocenters. The molecule has 29 heavy (non-hydrogen) atoms. The van der Waals surface area contributed by atoms with Crippen LogP contribution < -0.4 is 9.61 Å². The van der Waals surface area contributed by atoms with Crippen LogP contribution >= 0.6 is 0 Å². The van der Waals surface area contributed by atoms with Crippen LogP contribution in [0.5, 0.6) is 5.75 Å². The molecule has 3 aromatic rings. The molecule has 148 valence electrons. The van der Waals surface area contributed by atoms with E-state index in [1.54, 1.807) is 6.07 Å². The molecule has 0 bridgehead atoms. The van der Waals surface area contributed by atoms with Crippen molar-refractivity contribution in [2.75, 3.05) is 0 Å². The quantitative estimate of drug-likeness (QED) is 0.271. The van der Waals surface area contributed by atoms with E-state index in [2.05, 4.69) is 10.5 Å². The summed E-state index contributed by atoms with van der Waals surface area (Å²) in [5, 5.41) is 14.6. The van der Waals surface area contributed by atoms with Crippen molar-refractivity contribution in [1.29, 1.82) is 0 Å². The number of hydrogen-bond donors (Lipinski definition) is 1. The summed E-state index contributed by atoms with van der Waals surface area (Å²) in [5.41, 5.74) is 2.47. The normalized spacial score (nSPS) is 11.3. The second-order valence-corrected chi connectivity index (χ2v) is 7.08. The third-order valence-electron chi connectivity index (χ3n) is 3.53. The van der Waals surface area contributed by atoms with Crippen LogP contribution in [-0.2, 0) is 10.1 Å². The summed E-state index contributed by atoms with van der Waals surface area (Å²) in [7, 11) is -4.24. The number of benzene rings is 2. The Kier molecular flexibility index (Phi) is 5.69. The van der Waals surface area contributed by atoms with Crippen LogP contribution in [0.25, 0.3) is 0 Å². The minimum absolute atomic E-state index is 0.00766. The lowest BCUT2D eigenvalue weighted by Crippen LogP contribution is -2.16. The highest BCUT2D eigenvalue weighted by atomic mass is 32.2. The molecule has 0 aliphatic rings. The van der Waals surface area contributed by atoms with Crippen LogP contribution in [0.4, 0.5) is 5.69 Å². The van der Waals surface area contributed by atoms with Gasteiger partial charge in [-0.15, -0.1) is 0 Å². The number of nitrogens with zero attached hydrogens (tertiary/aromatic N) is 2. The molecule has 0 saturated carbocycles. The van der Waals surface area contributed by atoms with Crippen molar-refractivity contribution in [3.8, 4) is 5.75 Å². The Hall–Kier alpha value is -3.99. The van der Waals surface area contributed by atoms with Crippen LogP contribution in [0.1, 0.15) is 16.1 Å². The van der Waals surface area contributed by atoms with Crippen molar-refractivity contribution in [3.63, 3.8) is 0 Å². The number of rotatable bonds is 7. The first kappa shape index (κ1) is 19.8. The van der Waals surface area contributed by atoms with Crippen molar-refractivity contribution < 1.29 is 26.7 Å². The molecule has 3 rings (SSSR count). The second-order valence-electron chi connectivity index (χ2n) is 5.54. The van der Waals surface area contributed by atoms with Gasteiger partial charge in [0.25, 0.3) is 5.69 Å². The minimum atomic E-state index is -4.24. The average Bonchev–Trinajstić information content (AvgIpc) is 3.24. The van der Waals surface area contributed by atoms with Crippen LogP contribution in [0.2, 0.25) is 0 Å². The number of hydrogen-bond acceptors (Lipinski definition) is 8. The summed E-state index contributed by atoms with van der Waals surface area (Å²) in [4.78, 5) is 21.4. The van der Waals surface area contributed by atoms with E-state index in [4.69, 9.17) is 8.60 Å². The Labute approximate surface area is 164 Å². The first-order valence-corrected chi connectivity index (χ1v) is 9.42. The molecule has 1 aromatic heterocycles.